The largest absolute Gasteiger partial charge is 0.417 e. The Hall–Kier alpha value is -0.123. The van der Waals surface area contributed by atoms with Crippen molar-refractivity contribution in [1.82, 2.24) is 0 Å². The number of hydrogen-bond donors (Lipinski definition) is 1. The Morgan fingerprint density at radius 1 is 1.21 bits per heavy atom. The van der Waals surface area contributed by atoms with Gasteiger partial charge in [-0.15, -0.1) is 0 Å². The van der Waals surface area contributed by atoms with Gasteiger partial charge in [-0.05, 0) is 24.6 Å². The summed E-state index contributed by atoms with van der Waals surface area (Å²) in [4.78, 5) is 0. The lowest BCUT2D eigenvalue weighted by Gasteiger charge is -2.36. The Morgan fingerprint density at radius 3 is 2.21 bits per heavy atom. The van der Waals surface area contributed by atoms with E-state index in [0.29, 0.717) is 0 Å². The third-order valence-corrected chi connectivity index (χ3v) is 7.36. The molecule has 3 heteroatoms. The summed E-state index contributed by atoms with van der Waals surface area (Å²) in [5.74, 6) is 0. The highest BCUT2D eigenvalue weighted by atomic mass is 28.4. The van der Waals surface area contributed by atoms with Crippen molar-refractivity contribution >= 4 is 8.32 Å². The summed E-state index contributed by atoms with van der Waals surface area (Å²) in [6.45, 7) is 12.1. The minimum Gasteiger partial charge on any atom is -0.417 e. The highest BCUT2D eigenvalue weighted by molar-refractivity contribution is 6.74. The van der Waals surface area contributed by atoms with Crippen LogP contribution in [-0.4, -0.2) is 26.6 Å². The summed E-state index contributed by atoms with van der Waals surface area (Å²) < 4.78 is 5.95. The van der Waals surface area contributed by atoms with Gasteiger partial charge >= 0.3 is 0 Å². The van der Waals surface area contributed by atoms with E-state index in [0.717, 1.165) is 13.0 Å². The van der Waals surface area contributed by atoms with Gasteiger partial charge in [0.25, 0.3) is 0 Å². The normalized spacial score (nSPS) is 13.9. The van der Waals surface area contributed by atoms with Crippen molar-refractivity contribution in [2.24, 2.45) is 0 Å². The van der Waals surface area contributed by atoms with Crippen molar-refractivity contribution in [3.8, 4) is 0 Å². The molecule has 0 atom stereocenters. The Balaban J connectivity index is 3.83. The highest BCUT2D eigenvalue weighted by Crippen LogP contribution is 2.36. The first-order valence-corrected chi connectivity index (χ1v) is 8.12. The van der Waals surface area contributed by atoms with Gasteiger partial charge in [-0.2, -0.15) is 0 Å². The summed E-state index contributed by atoms with van der Waals surface area (Å²) in [7, 11) is -1.56. The lowest BCUT2D eigenvalue weighted by atomic mass is 10.2. The fourth-order valence-electron chi connectivity index (χ4n) is 0.791. The van der Waals surface area contributed by atoms with E-state index in [1.807, 2.05) is 6.08 Å². The zero-order valence-electron chi connectivity index (χ0n) is 10.1. The molecule has 0 bridgehead atoms. The first-order valence-electron chi connectivity index (χ1n) is 5.21. The van der Waals surface area contributed by atoms with E-state index in [1.165, 1.54) is 0 Å². The van der Waals surface area contributed by atoms with Crippen molar-refractivity contribution in [2.75, 3.05) is 13.2 Å². The third-order valence-electron chi connectivity index (χ3n) is 2.83. The molecule has 2 nitrogen and oxygen atoms in total. The maximum Gasteiger partial charge on any atom is 0.191 e. The number of rotatable bonds is 5. The van der Waals surface area contributed by atoms with Crippen LogP contribution >= 0.6 is 0 Å². The average molecular weight is 216 g/mol. The van der Waals surface area contributed by atoms with Gasteiger partial charge in [-0.25, -0.2) is 0 Å². The maximum absolute atomic E-state index is 8.54. The zero-order valence-corrected chi connectivity index (χ0v) is 11.1. The van der Waals surface area contributed by atoms with Crippen LogP contribution in [0.25, 0.3) is 0 Å². The molecule has 0 aliphatic heterocycles. The standard InChI is InChI=1S/C11H24O2Si/c1-11(2,3)14(4,5)13-10-8-6-7-9-12/h6-7,12H,8-10H2,1-5H3/b7-6-. The first kappa shape index (κ1) is 13.9. The van der Waals surface area contributed by atoms with Crippen molar-refractivity contribution in [1.29, 1.82) is 0 Å². The summed E-state index contributed by atoms with van der Waals surface area (Å²) in [5.41, 5.74) is 0. The van der Waals surface area contributed by atoms with E-state index < -0.39 is 8.32 Å². The van der Waals surface area contributed by atoms with Crippen LogP contribution in [0.4, 0.5) is 0 Å². The molecule has 0 aromatic carbocycles. The molecule has 0 heterocycles. The molecule has 0 fully saturated rings. The predicted octanol–water partition coefficient (Wildman–Crippen LogP) is 2.95. The summed E-state index contributed by atoms with van der Waals surface area (Å²) in [6, 6.07) is 0. The minimum absolute atomic E-state index is 0.125. The SMILES string of the molecule is CC(C)(C)[Si](C)(C)OCC/C=C\CO. The van der Waals surface area contributed by atoms with Gasteiger partial charge in [-0.1, -0.05) is 32.9 Å². The summed E-state index contributed by atoms with van der Waals surface area (Å²) in [6.07, 6.45) is 4.62. The lowest BCUT2D eigenvalue weighted by Crippen LogP contribution is -2.40. The molecular weight excluding hydrogens is 192 g/mol. The smallest absolute Gasteiger partial charge is 0.191 e. The molecule has 14 heavy (non-hydrogen) atoms. The number of aliphatic hydroxyl groups is 1. The van der Waals surface area contributed by atoms with Gasteiger partial charge in [0.2, 0.25) is 0 Å². The molecule has 1 N–H and O–H groups in total. The van der Waals surface area contributed by atoms with E-state index in [9.17, 15) is 0 Å². The molecule has 0 radical (unpaired) electrons. The van der Waals surface area contributed by atoms with Crippen LogP contribution in [0.2, 0.25) is 18.1 Å². The molecule has 0 saturated carbocycles. The fourth-order valence-corrected chi connectivity index (χ4v) is 1.85. The Morgan fingerprint density at radius 2 is 1.79 bits per heavy atom. The van der Waals surface area contributed by atoms with Crippen molar-refractivity contribution in [2.45, 2.75) is 45.3 Å². The van der Waals surface area contributed by atoms with Crippen molar-refractivity contribution < 1.29 is 9.53 Å². The average Bonchev–Trinajstić information content (AvgIpc) is 2.02. The van der Waals surface area contributed by atoms with Gasteiger partial charge < -0.3 is 9.53 Å². The quantitative estimate of drug-likeness (QED) is 0.435. The number of aliphatic hydroxyl groups excluding tert-OH is 1. The molecule has 0 aromatic heterocycles. The van der Waals surface area contributed by atoms with E-state index in [-0.39, 0.29) is 11.6 Å². The van der Waals surface area contributed by atoms with Crippen LogP contribution in [0, 0.1) is 0 Å². The van der Waals surface area contributed by atoms with Crippen LogP contribution in [0.1, 0.15) is 27.2 Å². The fraction of sp³-hybridized carbons (Fsp3) is 0.818. The van der Waals surface area contributed by atoms with Gasteiger partial charge in [0.15, 0.2) is 8.32 Å². The summed E-state index contributed by atoms with van der Waals surface area (Å²) in [5, 5.41) is 8.82. The second-order valence-corrected chi connectivity index (χ2v) is 9.86. The van der Waals surface area contributed by atoms with Gasteiger partial charge in [-0.3, -0.25) is 0 Å². The van der Waals surface area contributed by atoms with Gasteiger partial charge in [0.05, 0.1) is 6.61 Å². The topological polar surface area (TPSA) is 29.5 Å². The van der Waals surface area contributed by atoms with E-state index in [1.54, 1.807) is 6.08 Å². The van der Waals surface area contributed by atoms with Crippen LogP contribution in [0.5, 0.6) is 0 Å². The van der Waals surface area contributed by atoms with Gasteiger partial charge in [0.1, 0.15) is 0 Å². The molecule has 0 rings (SSSR count). The molecule has 0 aromatic rings. The number of hydrogen-bond acceptors (Lipinski definition) is 2. The molecule has 0 amide bonds. The first-order chi connectivity index (χ1) is 6.31. The molecule has 0 saturated heterocycles. The van der Waals surface area contributed by atoms with Crippen LogP contribution in [0.3, 0.4) is 0 Å². The van der Waals surface area contributed by atoms with Crippen LogP contribution < -0.4 is 0 Å². The minimum atomic E-state index is -1.56. The van der Waals surface area contributed by atoms with Crippen molar-refractivity contribution in [3.05, 3.63) is 12.2 Å². The predicted molar refractivity (Wildman–Crippen MR) is 64.0 cm³/mol. The van der Waals surface area contributed by atoms with Crippen molar-refractivity contribution in [3.63, 3.8) is 0 Å². The molecule has 84 valence electrons. The molecule has 0 spiro atoms. The van der Waals surface area contributed by atoms with E-state index >= 15 is 0 Å². The Labute approximate surface area is 89.1 Å². The maximum atomic E-state index is 8.54. The second kappa shape index (κ2) is 5.68. The molecular formula is C11H24O2Si. The lowest BCUT2D eigenvalue weighted by molar-refractivity contribution is 0.293. The molecule has 0 unspecified atom stereocenters. The highest BCUT2D eigenvalue weighted by Gasteiger charge is 2.36. The third kappa shape index (κ3) is 4.93. The second-order valence-electron chi connectivity index (χ2n) is 5.05. The van der Waals surface area contributed by atoms with E-state index in [4.69, 9.17) is 9.53 Å². The van der Waals surface area contributed by atoms with Gasteiger partial charge in [0, 0.05) is 6.61 Å². The molecule has 0 aliphatic carbocycles. The van der Waals surface area contributed by atoms with Crippen LogP contribution in [0.15, 0.2) is 12.2 Å². The van der Waals surface area contributed by atoms with E-state index in [2.05, 4.69) is 33.9 Å². The molecule has 0 aliphatic rings. The van der Waals surface area contributed by atoms with Crippen LogP contribution in [-0.2, 0) is 4.43 Å². The Bertz CT molecular complexity index is 180. The monoisotopic (exact) mass is 216 g/mol. The Kier molecular flexibility index (Phi) is 5.63. The zero-order chi connectivity index (χ0) is 11.2. The summed E-state index contributed by atoms with van der Waals surface area (Å²) >= 11 is 0.